The molecule has 1 atom stereocenters. The van der Waals surface area contributed by atoms with E-state index in [1.54, 1.807) is 0 Å². The van der Waals surface area contributed by atoms with E-state index in [-0.39, 0.29) is 11.9 Å². The van der Waals surface area contributed by atoms with Gasteiger partial charge in [-0.1, -0.05) is 54.6 Å². The van der Waals surface area contributed by atoms with Crippen LogP contribution in [0.15, 0.2) is 28.6 Å². The minimum atomic E-state index is 0.133. The van der Waals surface area contributed by atoms with Gasteiger partial charge in [0.15, 0.2) is 4.34 Å². The Morgan fingerprint density at radius 1 is 1.42 bits per heavy atom. The highest BCUT2D eigenvalue weighted by molar-refractivity contribution is 8.01. The van der Waals surface area contributed by atoms with Crippen molar-refractivity contribution in [3.63, 3.8) is 0 Å². The van der Waals surface area contributed by atoms with Crippen LogP contribution >= 0.6 is 23.1 Å². The van der Waals surface area contributed by atoms with Crippen molar-refractivity contribution in [3.05, 3.63) is 29.8 Å². The molecular weight excluding hydrogens is 340 g/mol. The number of nitrogens with one attached hydrogen (secondary N) is 1. The standard InChI is InChI=1S/C17H22N4OS2/c1-3-4-9-18-16-19-20-17(24-16)23-11-15(22)21-12(2)10-13-7-5-6-8-14(13)21/h5-8,12H,3-4,9-11H2,1-2H3,(H,18,19). The number of rotatable bonds is 7. The topological polar surface area (TPSA) is 58.1 Å². The minimum absolute atomic E-state index is 0.133. The number of benzene rings is 1. The van der Waals surface area contributed by atoms with Crippen LogP contribution in [0, 0.1) is 0 Å². The van der Waals surface area contributed by atoms with E-state index in [4.69, 9.17) is 0 Å². The van der Waals surface area contributed by atoms with Gasteiger partial charge in [0.2, 0.25) is 11.0 Å². The van der Waals surface area contributed by atoms with Gasteiger partial charge in [-0.25, -0.2) is 0 Å². The first-order valence-corrected chi connectivity index (χ1v) is 10.1. The summed E-state index contributed by atoms with van der Waals surface area (Å²) in [5.74, 6) is 0.524. The molecule has 0 saturated heterocycles. The van der Waals surface area contributed by atoms with E-state index >= 15 is 0 Å². The fraction of sp³-hybridized carbons (Fsp3) is 0.471. The van der Waals surface area contributed by atoms with E-state index in [9.17, 15) is 4.79 Å². The number of fused-ring (bicyclic) bond motifs is 1. The molecule has 0 aliphatic carbocycles. The Kier molecular flexibility index (Phi) is 5.73. The molecule has 7 heteroatoms. The normalized spacial score (nSPS) is 16.2. The van der Waals surface area contributed by atoms with Crippen molar-refractivity contribution >= 4 is 39.8 Å². The van der Waals surface area contributed by atoms with Crippen LogP contribution in [0.25, 0.3) is 0 Å². The van der Waals surface area contributed by atoms with Crippen molar-refractivity contribution in [2.75, 3.05) is 22.5 Å². The molecule has 128 valence electrons. The van der Waals surface area contributed by atoms with Gasteiger partial charge in [-0.3, -0.25) is 4.79 Å². The van der Waals surface area contributed by atoms with E-state index < -0.39 is 0 Å². The van der Waals surface area contributed by atoms with Crippen molar-refractivity contribution in [2.24, 2.45) is 0 Å². The molecule has 1 amide bonds. The van der Waals surface area contributed by atoms with Gasteiger partial charge < -0.3 is 10.2 Å². The molecule has 3 rings (SSSR count). The third kappa shape index (κ3) is 3.89. The van der Waals surface area contributed by atoms with Crippen molar-refractivity contribution in [1.82, 2.24) is 10.2 Å². The molecule has 0 bridgehead atoms. The van der Waals surface area contributed by atoms with Crippen LogP contribution in [0.4, 0.5) is 10.8 Å². The van der Waals surface area contributed by atoms with Crippen LogP contribution in [-0.2, 0) is 11.2 Å². The number of nitrogens with zero attached hydrogens (tertiary/aromatic N) is 3. The first-order valence-electron chi connectivity index (χ1n) is 8.29. The summed E-state index contributed by atoms with van der Waals surface area (Å²) >= 11 is 2.98. The number of carbonyl (C=O) groups excluding carboxylic acids is 1. The van der Waals surface area contributed by atoms with Gasteiger partial charge in [0, 0.05) is 18.3 Å². The van der Waals surface area contributed by atoms with Crippen LogP contribution in [0.5, 0.6) is 0 Å². The van der Waals surface area contributed by atoms with E-state index in [0.29, 0.717) is 5.75 Å². The van der Waals surface area contributed by atoms with Crippen LogP contribution < -0.4 is 10.2 Å². The summed E-state index contributed by atoms with van der Waals surface area (Å²) in [6.45, 7) is 5.17. The smallest absolute Gasteiger partial charge is 0.237 e. The van der Waals surface area contributed by atoms with Crippen LogP contribution in [-0.4, -0.2) is 34.4 Å². The number of amides is 1. The lowest BCUT2D eigenvalue weighted by atomic mass is 10.1. The average molecular weight is 363 g/mol. The first kappa shape index (κ1) is 17.2. The van der Waals surface area contributed by atoms with Gasteiger partial charge in [-0.05, 0) is 31.4 Å². The highest BCUT2D eigenvalue weighted by atomic mass is 32.2. The third-order valence-corrected chi connectivity index (χ3v) is 6.01. The summed E-state index contributed by atoms with van der Waals surface area (Å²) in [5, 5.41) is 12.4. The highest BCUT2D eigenvalue weighted by Gasteiger charge is 2.30. The van der Waals surface area contributed by atoms with Crippen LogP contribution in [0.2, 0.25) is 0 Å². The maximum atomic E-state index is 12.7. The molecule has 1 aliphatic rings. The number of anilines is 2. The molecular formula is C17H22N4OS2. The highest BCUT2D eigenvalue weighted by Crippen LogP contribution is 2.33. The first-order chi connectivity index (χ1) is 11.7. The summed E-state index contributed by atoms with van der Waals surface area (Å²) in [6, 6.07) is 8.37. The van der Waals surface area contributed by atoms with Gasteiger partial charge in [-0.15, -0.1) is 10.2 Å². The summed E-state index contributed by atoms with van der Waals surface area (Å²) in [5.41, 5.74) is 2.30. The fourth-order valence-electron chi connectivity index (χ4n) is 2.85. The summed E-state index contributed by atoms with van der Waals surface area (Å²) in [4.78, 5) is 14.6. The van der Waals surface area contributed by atoms with Gasteiger partial charge in [0.05, 0.1) is 5.75 Å². The van der Waals surface area contributed by atoms with E-state index in [0.717, 1.165) is 41.0 Å². The monoisotopic (exact) mass is 362 g/mol. The lowest BCUT2D eigenvalue weighted by Crippen LogP contribution is -2.36. The molecule has 1 unspecified atom stereocenters. The summed E-state index contributed by atoms with van der Waals surface area (Å²) < 4.78 is 0.836. The van der Waals surface area contributed by atoms with E-state index in [1.165, 1.54) is 28.7 Å². The summed E-state index contributed by atoms with van der Waals surface area (Å²) in [6.07, 6.45) is 3.20. The lowest BCUT2D eigenvalue weighted by molar-refractivity contribution is -0.116. The van der Waals surface area contributed by atoms with Gasteiger partial charge in [-0.2, -0.15) is 0 Å². The molecule has 1 N–H and O–H groups in total. The Hall–Kier alpha value is -1.60. The summed E-state index contributed by atoms with van der Waals surface area (Å²) in [7, 11) is 0. The Morgan fingerprint density at radius 3 is 3.08 bits per heavy atom. The number of para-hydroxylation sites is 1. The van der Waals surface area contributed by atoms with Crippen LogP contribution in [0.3, 0.4) is 0 Å². The Morgan fingerprint density at radius 2 is 2.25 bits per heavy atom. The van der Waals surface area contributed by atoms with E-state index in [2.05, 4.69) is 35.4 Å². The fourth-order valence-corrected chi connectivity index (χ4v) is 4.49. The van der Waals surface area contributed by atoms with Crippen molar-refractivity contribution in [3.8, 4) is 0 Å². The zero-order valence-corrected chi connectivity index (χ0v) is 15.6. The van der Waals surface area contributed by atoms with Crippen molar-refractivity contribution in [2.45, 2.75) is 43.5 Å². The molecule has 1 aliphatic heterocycles. The molecule has 0 spiro atoms. The van der Waals surface area contributed by atoms with Gasteiger partial charge in [0.25, 0.3) is 0 Å². The Bertz CT molecular complexity index is 703. The molecule has 5 nitrogen and oxygen atoms in total. The van der Waals surface area contributed by atoms with Crippen molar-refractivity contribution in [1.29, 1.82) is 0 Å². The van der Waals surface area contributed by atoms with Gasteiger partial charge >= 0.3 is 0 Å². The Labute approximate surface area is 150 Å². The number of unbranched alkanes of at least 4 members (excludes halogenated alkanes) is 1. The molecule has 1 aromatic heterocycles. The molecule has 1 aromatic carbocycles. The maximum absolute atomic E-state index is 12.7. The number of carbonyl (C=O) groups is 1. The number of hydrogen-bond acceptors (Lipinski definition) is 6. The molecule has 0 saturated carbocycles. The molecule has 0 fully saturated rings. The Balaban J connectivity index is 1.56. The lowest BCUT2D eigenvalue weighted by Gasteiger charge is -2.22. The number of aromatic nitrogens is 2. The van der Waals surface area contributed by atoms with Crippen molar-refractivity contribution < 1.29 is 4.79 Å². The maximum Gasteiger partial charge on any atom is 0.237 e. The van der Waals surface area contributed by atoms with Gasteiger partial charge in [0.1, 0.15) is 0 Å². The quantitative estimate of drug-likeness (QED) is 0.599. The zero-order valence-electron chi connectivity index (χ0n) is 14.0. The second kappa shape index (κ2) is 7.98. The molecule has 2 aromatic rings. The molecule has 2 heterocycles. The predicted octanol–water partition coefficient (Wildman–Crippen LogP) is 3.82. The molecule has 24 heavy (non-hydrogen) atoms. The number of thioether (sulfide) groups is 1. The average Bonchev–Trinajstić information content (AvgIpc) is 3.16. The minimum Gasteiger partial charge on any atom is -0.360 e. The third-order valence-electron chi connectivity index (χ3n) is 4.01. The second-order valence-corrected chi connectivity index (χ2v) is 8.09. The van der Waals surface area contributed by atoms with E-state index in [1.807, 2.05) is 23.1 Å². The predicted molar refractivity (Wildman–Crippen MR) is 101 cm³/mol. The second-order valence-electron chi connectivity index (χ2n) is 5.89. The SMILES string of the molecule is CCCCNc1nnc(SCC(=O)N2c3ccccc3CC2C)s1. The van der Waals surface area contributed by atoms with Crippen LogP contribution in [0.1, 0.15) is 32.3 Å². The molecule has 0 radical (unpaired) electrons. The largest absolute Gasteiger partial charge is 0.360 e. The zero-order chi connectivity index (χ0) is 16.9. The number of hydrogen-bond donors (Lipinski definition) is 1.